The first-order chi connectivity index (χ1) is 6.15. The van der Waals surface area contributed by atoms with E-state index in [1.165, 1.54) is 0 Å². The summed E-state index contributed by atoms with van der Waals surface area (Å²) in [5, 5.41) is 8.81. The Kier molecular flexibility index (Phi) is 3.69. The van der Waals surface area contributed by atoms with Crippen LogP contribution in [0.25, 0.3) is 0 Å². The second-order valence-electron chi connectivity index (χ2n) is 3.51. The second kappa shape index (κ2) is 4.58. The molecule has 1 saturated heterocycles. The number of methoxy groups -OCH3 is 1. The molecule has 4 nitrogen and oxygen atoms in total. The monoisotopic (exact) mass is 187 g/mol. The summed E-state index contributed by atoms with van der Waals surface area (Å²) in [4.78, 5) is 12.7. The summed E-state index contributed by atoms with van der Waals surface area (Å²) in [6, 6.07) is -0.391. The van der Waals surface area contributed by atoms with Crippen LogP contribution in [0.3, 0.4) is 0 Å². The largest absolute Gasteiger partial charge is 0.480 e. The number of carbonyl (C=O) groups is 1. The van der Waals surface area contributed by atoms with Gasteiger partial charge in [-0.2, -0.15) is 0 Å². The Bertz CT molecular complexity index is 184. The van der Waals surface area contributed by atoms with Gasteiger partial charge in [-0.25, -0.2) is 0 Å². The smallest absolute Gasteiger partial charge is 0.320 e. The lowest BCUT2D eigenvalue weighted by Gasteiger charge is -2.34. The third-order valence-electron chi connectivity index (χ3n) is 2.65. The van der Waals surface area contributed by atoms with Gasteiger partial charge in [0.25, 0.3) is 0 Å². The molecule has 0 aromatic rings. The molecule has 1 rings (SSSR count). The number of likely N-dealkylation sites (tertiary alicyclic amines) is 1. The number of aliphatic carboxylic acids is 1. The summed E-state index contributed by atoms with van der Waals surface area (Å²) < 4.78 is 5.22. The lowest BCUT2D eigenvalue weighted by molar-refractivity contribution is -0.143. The van der Waals surface area contributed by atoms with Crippen LogP contribution in [0.15, 0.2) is 0 Å². The van der Waals surface area contributed by atoms with Gasteiger partial charge in [0, 0.05) is 13.7 Å². The fourth-order valence-electron chi connectivity index (χ4n) is 1.67. The minimum Gasteiger partial charge on any atom is -0.480 e. The van der Waals surface area contributed by atoms with Crippen molar-refractivity contribution < 1.29 is 14.6 Å². The molecule has 0 bridgehead atoms. The molecule has 13 heavy (non-hydrogen) atoms. The molecule has 1 aliphatic heterocycles. The molecule has 0 spiro atoms. The molecule has 0 aliphatic carbocycles. The van der Waals surface area contributed by atoms with Gasteiger partial charge < -0.3 is 9.84 Å². The van der Waals surface area contributed by atoms with Crippen LogP contribution in [0.5, 0.6) is 0 Å². The maximum atomic E-state index is 10.7. The molecular formula is C9H17NO3. The number of carboxylic acid groups (broad SMARTS) is 1. The van der Waals surface area contributed by atoms with Gasteiger partial charge in [0.05, 0.1) is 6.10 Å². The standard InChI is InChI=1S/C9H17NO3/c1-7(9(11)12)10-5-3-4-8(6-10)13-2/h7-8H,3-6H2,1-2H3,(H,11,12). The predicted molar refractivity (Wildman–Crippen MR) is 48.7 cm³/mol. The zero-order valence-corrected chi connectivity index (χ0v) is 8.19. The molecule has 0 amide bonds. The summed E-state index contributed by atoms with van der Waals surface area (Å²) in [6.45, 7) is 3.33. The Hall–Kier alpha value is -0.610. The van der Waals surface area contributed by atoms with Crippen LogP contribution in [-0.4, -0.2) is 48.3 Å². The second-order valence-corrected chi connectivity index (χ2v) is 3.51. The van der Waals surface area contributed by atoms with Crippen molar-refractivity contribution in [1.29, 1.82) is 0 Å². The summed E-state index contributed by atoms with van der Waals surface area (Å²) >= 11 is 0. The molecule has 1 fully saturated rings. The molecule has 2 unspecified atom stereocenters. The predicted octanol–water partition coefficient (Wildman–Crippen LogP) is 0.570. The van der Waals surface area contributed by atoms with Crippen molar-refractivity contribution in [3.05, 3.63) is 0 Å². The van der Waals surface area contributed by atoms with E-state index in [2.05, 4.69) is 0 Å². The van der Waals surface area contributed by atoms with Crippen molar-refractivity contribution in [2.24, 2.45) is 0 Å². The molecule has 1 aliphatic rings. The molecule has 1 N–H and O–H groups in total. The molecule has 1 heterocycles. The summed E-state index contributed by atoms with van der Waals surface area (Å²) in [7, 11) is 1.68. The average molecular weight is 187 g/mol. The van der Waals surface area contributed by atoms with Gasteiger partial charge >= 0.3 is 5.97 Å². The van der Waals surface area contributed by atoms with Crippen LogP contribution < -0.4 is 0 Å². The van der Waals surface area contributed by atoms with Gasteiger partial charge in [0.2, 0.25) is 0 Å². The zero-order valence-electron chi connectivity index (χ0n) is 8.19. The third kappa shape index (κ3) is 2.67. The highest BCUT2D eigenvalue weighted by atomic mass is 16.5. The fourth-order valence-corrected chi connectivity index (χ4v) is 1.67. The van der Waals surface area contributed by atoms with Gasteiger partial charge in [-0.15, -0.1) is 0 Å². The highest BCUT2D eigenvalue weighted by Gasteiger charge is 2.26. The zero-order chi connectivity index (χ0) is 9.84. The van der Waals surface area contributed by atoms with Gasteiger partial charge in [-0.3, -0.25) is 9.69 Å². The van der Waals surface area contributed by atoms with E-state index in [4.69, 9.17) is 9.84 Å². The van der Waals surface area contributed by atoms with E-state index in [-0.39, 0.29) is 6.10 Å². The van der Waals surface area contributed by atoms with E-state index in [9.17, 15) is 4.79 Å². The van der Waals surface area contributed by atoms with Crippen molar-refractivity contribution >= 4 is 5.97 Å². The Morgan fingerprint density at radius 1 is 1.69 bits per heavy atom. The van der Waals surface area contributed by atoms with Gasteiger partial charge in [-0.05, 0) is 26.3 Å². The average Bonchev–Trinajstić information content (AvgIpc) is 2.16. The number of piperidine rings is 1. The van der Waals surface area contributed by atoms with E-state index in [1.807, 2.05) is 4.90 Å². The molecule has 2 atom stereocenters. The molecular weight excluding hydrogens is 170 g/mol. The molecule has 4 heteroatoms. The van der Waals surface area contributed by atoms with E-state index < -0.39 is 12.0 Å². The van der Waals surface area contributed by atoms with Crippen LogP contribution in [0.1, 0.15) is 19.8 Å². The van der Waals surface area contributed by atoms with Crippen molar-refractivity contribution in [1.82, 2.24) is 4.90 Å². The first-order valence-electron chi connectivity index (χ1n) is 4.64. The Balaban J connectivity index is 2.46. The molecule has 76 valence electrons. The number of rotatable bonds is 3. The van der Waals surface area contributed by atoms with Crippen molar-refractivity contribution in [3.63, 3.8) is 0 Å². The van der Waals surface area contributed by atoms with Gasteiger partial charge in [0.1, 0.15) is 6.04 Å². The Morgan fingerprint density at radius 3 is 2.92 bits per heavy atom. The number of carboxylic acids is 1. The van der Waals surface area contributed by atoms with E-state index in [0.717, 1.165) is 25.9 Å². The number of ether oxygens (including phenoxy) is 1. The van der Waals surface area contributed by atoms with Crippen LogP contribution in [-0.2, 0) is 9.53 Å². The lowest BCUT2D eigenvalue weighted by atomic mass is 10.1. The quantitative estimate of drug-likeness (QED) is 0.701. The maximum Gasteiger partial charge on any atom is 0.320 e. The maximum absolute atomic E-state index is 10.7. The number of hydrogen-bond donors (Lipinski definition) is 1. The molecule has 0 radical (unpaired) electrons. The van der Waals surface area contributed by atoms with Crippen LogP contribution in [0.4, 0.5) is 0 Å². The normalized spacial score (nSPS) is 27.1. The third-order valence-corrected chi connectivity index (χ3v) is 2.65. The Morgan fingerprint density at radius 2 is 2.38 bits per heavy atom. The Labute approximate surface area is 78.5 Å². The fraction of sp³-hybridized carbons (Fsp3) is 0.889. The first kappa shape index (κ1) is 10.5. The number of hydrogen-bond acceptors (Lipinski definition) is 3. The van der Waals surface area contributed by atoms with Crippen molar-refractivity contribution in [2.75, 3.05) is 20.2 Å². The molecule has 0 saturated carbocycles. The van der Waals surface area contributed by atoms with Crippen LogP contribution in [0, 0.1) is 0 Å². The molecule has 0 aromatic carbocycles. The lowest BCUT2D eigenvalue weighted by Crippen LogP contribution is -2.47. The van der Waals surface area contributed by atoms with Gasteiger partial charge in [0.15, 0.2) is 0 Å². The van der Waals surface area contributed by atoms with Crippen LogP contribution >= 0.6 is 0 Å². The summed E-state index contributed by atoms with van der Waals surface area (Å²) in [5.41, 5.74) is 0. The highest BCUT2D eigenvalue weighted by Crippen LogP contribution is 2.14. The van der Waals surface area contributed by atoms with Crippen LogP contribution in [0.2, 0.25) is 0 Å². The van der Waals surface area contributed by atoms with E-state index >= 15 is 0 Å². The van der Waals surface area contributed by atoms with Crippen molar-refractivity contribution in [3.8, 4) is 0 Å². The minimum atomic E-state index is -0.753. The summed E-state index contributed by atoms with van der Waals surface area (Å²) in [6.07, 6.45) is 2.27. The van der Waals surface area contributed by atoms with E-state index in [0.29, 0.717) is 0 Å². The first-order valence-corrected chi connectivity index (χ1v) is 4.64. The van der Waals surface area contributed by atoms with Crippen molar-refractivity contribution in [2.45, 2.75) is 31.9 Å². The topological polar surface area (TPSA) is 49.8 Å². The highest BCUT2D eigenvalue weighted by molar-refractivity contribution is 5.72. The SMILES string of the molecule is COC1CCCN(C(C)C(=O)O)C1. The number of nitrogens with zero attached hydrogens (tertiary/aromatic N) is 1. The van der Waals surface area contributed by atoms with Gasteiger partial charge in [-0.1, -0.05) is 0 Å². The summed E-state index contributed by atoms with van der Waals surface area (Å²) in [5.74, 6) is -0.753. The molecule has 0 aromatic heterocycles. The van der Waals surface area contributed by atoms with E-state index in [1.54, 1.807) is 14.0 Å². The minimum absolute atomic E-state index is 0.204.